The van der Waals surface area contributed by atoms with Gasteiger partial charge in [0.15, 0.2) is 0 Å². The molecule has 0 radical (unpaired) electrons. The number of benzene rings is 2. The molecule has 30 heavy (non-hydrogen) atoms. The summed E-state index contributed by atoms with van der Waals surface area (Å²) < 4.78 is 3.75. The highest BCUT2D eigenvalue weighted by atomic mass is 16.1. The number of rotatable bonds is 6. The van der Waals surface area contributed by atoms with Gasteiger partial charge in [0.25, 0.3) is 5.91 Å². The van der Waals surface area contributed by atoms with Gasteiger partial charge in [0, 0.05) is 11.6 Å². The van der Waals surface area contributed by atoms with Crippen LogP contribution in [0.2, 0.25) is 0 Å². The minimum Gasteiger partial charge on any atom is -0.342 e. The van der Waals surface area contributed by atoms with Crippen LogP contribution in [-0.2, 0) is 0 Å². The highest BCUT2D eigenvalue weighted by molar-refractivity contribution is 5.94. The second kappa shape index (κ2) is 8.06. The average Bonchev–Trinajstić information content (AvgIpc) is 3.39. The van der Waals surface area contributed by atoms with Crippen LogP contribution in [0.4, 0.5) is 0 Å². The Morgan fingerprint density at radius 2 is 1.73 bits per heavy atom. The van der Waals surface area contributed by atoms with Crippen LogP contribution in [0.1, 0.15) is 56.0 Å². The Morgan fingerprint density at radius 1 is 1.00 bits per heavy atom. The first-order chi connectivity index (χ1) is 14.5. The van der Waals surface area contributed by atoms with E-state index in [1.54, 1.807) is 16.8 Å². The zero-order valence-electron chi connectivity index (χ0n) is 17.5. The van der Waals surface area contributed by atoms with Gasteiger partial charge in [-0.3, -0.25) is 4.79 Å². The molecule has 0 aliphatic rings. The van der Waals surface area contributed by atoms with Crippen LogP contribution in [0, 0.1) is 5.92 Å². The minimum absolute atomic E-state index is 0.140. The van der Waals surface area contributed by atoms with Gasteiger partial charge in [-0.25, -0.2) is 9.67 Å². The van der Waals surface area contributed by atoms with Crippen molar-refractivity contribution in [2.45, 2.75) is 39.8 Å². The lowest BCUT2D eigenvalue weighted by Gasteiger charge is -2.25. The van der Waals surface area contributed by atoms with Gasteiger partial charge in [-0.1, -0.05) is 26.0 Å². The molecule has 4 aromatic rings. The van der Waals surface area contributed by atoms with Crippen molar-refractivity contribution in [3.05, 3.63) is 66.2 Å². The van der Waals surface area contributed by atoms with E-state index in [-0.39, 0.29) is 23.9 Å². The predicted molar refractivity (Wildman–Crippen MR) is 114 cm³/mol. The molecule has 0 bridgehead atoms. The molecule has 8 heteroatoms. The van der Waals surface area contributed by atoms with E-state index in [2.05, 4.69) is 59.2 Å². The summed E-state index contributed by atoms with van der Waals surface area (Å²) in [7, 11) is 0. The van der Waals surface area contributed by atoms with E-state index in [0.29, 0.717) is 5.56 Å². The van der Waals surface area contributed by atoms with E-state index < -0.39 is 0 Å². The monoisotopic (exact) mass is 403 g/mol. The largest absolute Gasteiger partial charge is 0.342 e. The molecule has 1 amide bonds. The van der Waals surface area contributed by atoms with E-state index in [1.165, 1.54) is 6.33 Å². The molecule has 1 N–H and O–H groups in total. The van der Waals surface area contributed by atoms with Gasteiger partial charge >= 0.3 is 0 Å². The molecule has 0 aliphatic heterocycles. The number of nitrogens with one attached hydrogen (secondary N) is 1. The number of hydrogen-bond acceptors (Lipinski definition) is 5. The topological polar surface area (TPSA) is 90.5 Å². The predicted octanol–water partition coefficient (Wildman–Crippen LogP) is 3.72. The van der Waals surface area contributed by atoms with Crippen molar-refractivity contribution in [2.75, 3.05) is 0 Å². The number of fused-ring (bicyclic) bond motifs is 1. The maximum atomic E-state index is 13.0. The SMILES string of the molecule is CC(C)[C@H](NC(=O)c1ccc(-n2cnnn2)cc1)c1nc2ccccc2n1C(C)C. The number of hydrogen-bond donors (Lipinski definition) is 1. The van der Waals surface area contributed by atoms with E-state index in [1.807, 2.05) is 30.3 Å². The normalized spacial score (nSPS) is 12.6. The second-order valence-corrected chi connectivity index (χ2v) is 7.92. The molecule has 0 unspecified atom stereocenters. The molecule has 1 atom stereocenters. The lowest BCUT2D eigenvalue weighted by molar-refractivity contribution is 0.0921. The fourth-order valence-corrected chi connectivity index (χ4v) is 3.62. The lowest BCUT2D eigenvalue weighted by Crippen LogP contribution is -2.34. The summed E-state index contributed by atoms with van der Waals surface area (Å²) in [6.45, 7) is 8.45. The first-order valence-electron chi connectivity index (χ1n) is 10.1. The molecule has 0 saturated carbocycles. The number of carbonyl (C=O) groups is 1. The van der Waals surface area contributed by atoms with Crippen LogP contribution < -0.4 is 5.32 Å². The van der Waals surface area contributed by atoms with Gasteiger partial charge < -0.3 is 9.88 Å². The molecule has 2 aromatic carbocycles. The van der Waals surface area contributed by atoms with Crippen molar-refractivity contribution < 1.29 is 4.79 Å². The Morgan fingerprint density at radius 3 is 2.37 bits per heavy atom. The van der Waals surface area contributed by atoms with Gasteiger partial charge in [-0.2, -0.15) is 0 Å². The van der Waals surface area contributed by atoms with Crippen LogP contribution in [0.25, 0.3) is 16.7 Å². The average molecular weight is 403 g/mol. The molecular weight excluding hydrogens is 378 g/mol. The molecular formula is C22H25N7O. The molecule has 154 valence electrons. The Balaban J connectivity index is 1.64. The number of carbonyl (C=O) groups excluding carboxylic acids is 1. The Kier molecular flexibility index (Phi) is 5.31. The fraction of sp³-hybridized carbons (Fsp3) is 0.318. The zero-order chi connectivity index (χ0) is 21.3. The Hall–Kier alpha value is -3.55. The lowest BCUT2D eigenvalue weighted by atomic mass is 10.0. The quantitative estimate of drug-likeness (QED) is 0.530. The standard InChI is InChI=1S/C22H25N7O/c1-14(2)20(21-24-18-7-5-6-8-19(18)29(21)15(3)4)25-22(30)16-9-11-17(12-10-16)28-13-23-26-27-28/h5-15,20H,1-4H3,(H,25,30)/t20-/m0/s1. The van der Waals surface area contributed by atoms with Gasteiger partial charge in [-0.05, 0) is 66.6 Å². The van der Waals surface area contributed by atoms with Gasteiger partial charge in [0.2, 0.25) is 0 Å². The molecule has 8 nitrogen and oxygen atoms in total. The van der Waals surface area contributed by atoms with E-state index in [4.69, 9.17) is 4.98 Å². The third kappa shape index (κ3) is 3.68. The fourth-order valence-electron chi connectivity index (χ4n) is 3.62. The number of amides is 1. The maximum absolute atomic E-state index is 13.0. The Bertz CT molecular complexity index is 1140. The van der Waals surface area contributed by atoms with Crippen molar-refractivity contribution in [1.82, 2.24) is 35.1 Å². The molecule has 0 saturated heterocycles. The van der Waals surface area contributed by atoms with Gasteiger partial charge in [0.05, 0.1) is 22.8 Å². The highest BCUT2D eigenvalue weighted by Crippen LogP contribution is 2.29. The highest BCUT2D eigenvalue weighted by Gasteiger charge is 2.26. The van der Waals surface area contributed by atoms with E-state index in [0.717, 1.165) is 22.5 Å². The second-order valence-electron chi connectivity index (χ2n) is 7.92. The number of nitrogens with zero attached hydrogens (tertiary/aromatic N) is 6. The van der Waals surface area contributed by atoms with Crippen LogP contribution in [0.15, 0.2) is 54.9 Å². The number of aromatic nitrogens is 6. The first-order valence-corrected chi connectivity index (χ1v) is 10.1. The zero-order valence-corrected chi connectivity index (χ0v) is 17.5. The number of imidazole rings is 1. The van der Waals surface area contributed by atoms with Crippen LogP contribution in [0.5, 0.6) is 0 Å². The molecule has 0 aliphatic carbocycles. The summed E-state index contributed by atoms with van der Waals surface area (Å²) in [5, 5.41) is 14.3. The number of tetrazole rings is 1. The van der Waals surface area contributed by atoms with Crippen LogP contribution >= 0.6 is 0 Å². The van der Waals surface area contributed by atoms with Crippen molar-refractivity contribution in [3.8, 4) is 5.69 Å². The van der Waals surface area contributed by atoms with Crippen molar-refractivity contribution in [3.63, 3.8) is 0 Å². The van der Waals surface area contributed by atoms with Gasteiger partial charge in [0.1, 0.15) is 12.2 Å². The first kappa shape index (κ1) is 19.8. The molecule has 4 rings (SSSR count). The van der Waals surface area contributed by atoms with Crippen LogP contribution in [-0.4, -0.2) is 35.7 Å². The third-order valence-corrected chi connectivity index (χ3v) is 5.11. The smallest absolute Gasteiger partial charge is 0.251 e. The molecule has 2 heterocycles. The van der Waals surface area contributed by atoms with E-state index in [9.17, 15) is 4.79 Å². The van der Waals surface area contributed by atoms with Crippen molar-refractivity contribution in [2.24, 2.45) is 5.92 Å². The summed E-state index contributed by atoms with van der Waals surface area (Å²) in [6, 6.07) is 15.3. The summed E-state index contributed by atoms with van der Waals surface area (Å²) in [5.41, 5.74) is 3.38. The van der Waals surface area contributed by atoms with E-state index >= 15 is 0 Å². The summed E-state index contributed by atoms with van der Waals surface area (Å²) in [5.74, 6) is 0.906. The summed E-state index contributed by atoms with van der Waals surface area (Å²) in [4.78, 5) is 17.9. The minimum atomic E-state index is -0.216. The molecule has 0 fully saturated rings. The molecule has 2 aromatic heterocycles. The van der Waals surface area contributed by atoms with Crippen molar-refractivity contribution >= 4 is 16.9 Å². The third-order valence-electron chi connectivity index (χ3n) is 5.11. The number of para-hydroxylation sites is 2. The van der Waals surface area contributed by atoms with Crippen molar-refractivity contribution in [1.29, 1.82) is 0 Å². The van der Waals surface area contributed by atoms with Gasteiger partial charge in [-0.15, -0.1) is 5.10 Å². The summed E-state index contributed by atoms with van der Waals surface area (Å²) >= 11 is 0. The molecule has 0 spiro atoms. The van der Waals surface area contributed by atoms with Crippen LogP contribution in [0.3, 0.4) is 0 Å². The summed E-state index contributed by atoms with van der Waals surface area (Å²) in [6.07, 6.45) is 1.51. The maximum Gasteiger partial charge on any atom is 0.251 e. The Labute approximate surface area is 174 Å².